The number of benzene rings is 4. The van der Waals surface area contributed by atoms with Gasteiger partial charge in [0.1, 0.15) is 12.6 Å². The summed E-state index contributed by atoms with van der Waals surface area (Å²) in [5, 5.41) is 3.50. The van der Waals surface area contributed by atoms with Gasteiger partial charge in [0.05, 0.1) is 10.6 Å². The standard InChI is InChI=1S/C31H29Cl2N3O4S/c1-34-31(38)29(20-23-10-4-2-5-11-23)35(21-24-12-8-9-15-28(24)33)30(37)22-36(26-18-16-25(32)17-19-26)41(39,40)27-13-6-3-7-14-27/h2-19,29H,20-22H2,1H3,(H,34,38)/t29-/m1/s1. The van der Waals surface area contributed by atoms with Crippen molar-refractivity contribution in [1.82, 2.24) is 10.2 Å². The summed E-state index contributed by atoms with van der Waals surface area (Å²) in [4.78, 5) is 28.9. The second kappa shape index (κ2) is 13.7. The van der Waals surface area contributed by atoms with Gasteiger partial charge in [0.25, 0.3) is 10.0 Å². The predicted molar refractivity (Wildman–Crippen MR) is 162 cm³/mol. The first-order valence-corrected chi connectivity index (χ1v) is 15.0. The molecule has 212 valence electrons. The highest BCUT2D eigenvalue weighted by Gasteiger charge is 2.34. The molecule has 0 saturated heterocycles. The van der Waals surface area contributed by atoms with Crippen molar-refractivity contribution in [2.75, 3.05) is 17.9 Å². The van der Waals surface area contributed by atoms with Crippen molar-refractivity contribution >= 4 is 50.7 Å². The van der Waals surface area contributed by atoms with Crippen LogP contribution in [0.5, 0.6) is 0 Å². The number of hydrogen-bond donors (Lipinski definition) is 1. The van der Waals surface area contributed by atoms with E-state index in [-0.39, 0.29) is 23.5 Å². The SMILES string of the molecule is CNC(=O)[C@@H](Cc1ccccc1)N(Cc1ccccc1Cl)C(=O)CN(c1ccc(Cl)cc1)S(=O)(=O)c1ccccc1. The van der Waals surface area contributed by atoms with E-state index < -0.39 is 34.4 Å². The first-order valence-electron chi connectivity index (χ1n) is 12.8. The van der Waals surface area contributed by atoms with Crippen LogP contribution < -0.4 is 9.62 Å². The number of halogens is 2. The zero-order valence-corrected chi connectivity index (χ0v) is 24.6. The maximum absolute atomic E-state index is 14.2. The number of nitrogens with one attached hydrogen (secondary N) is 1. The molecule has 0 aliphatic carbocycles. The summed E-state index contributed by atoms with van der Waals surface area (Å²) in [6, 6.07) is 29.4. The van der Waals surface area contributed by atoms with Crippen LogP contribution in [0.25, 0.3) is 0 Å². The van der Waals surface area contributed by atoms with E-state index in [1.54, 1.807) is 54.6 Å². The van der Waals surface area contributed by atoms with Gasteiger partial charge >= 0.3 is 0 Å². The van der Waals surface area contributed by atoms with Crippen LogP contribution in [0, 0.1) is 0 Å². The molecule has 0 saturated carbocycles. The Balaban J connectivity index is 1.78. The zero-order chi connectivity index (χ0) is 29.4. The predicted octanol–water partition coefficient (Wildman–Crippen LogP) is 5.57. The lowest BCUT2D eigenvalue weighted by molar-refractivity contribution is -0.139. The van der Waals surface area contributed by atoms with Crippen LogP contribution >= 0.6 is 23.2 Å². The normalized spacial score (nSPS) is 11.9. The first kappa shape index (κ1) is 30.1. The van der Waals surface area contributed by atoms with Crippen molar-refractivity contribution in [3.8, 4) is 0 Å². The van der Waals surface area contributed by atoms with Gasteiger partial charge in [-0.3, -0.25) is 13.9 Å². The molecule has 0 fully saturated rings. The fourth-order valence-corrected chi connectivity index (χ4v) is 6.14. The lowest BCUT2D eigenvalue weighted by Gasteiger charge is -2.33. The van der Waals surface area contributed by atoms with Gasteiger partial charge in [0.2, 0.25) is 11.8 Å². The van der Waals surface area contributed by atoms with Gasteiger partial charge in [0, 0.05) is 30.1 Å². The molecule has 2 amide bonds. The molecule has 0 aliphatic heterocycles. The van der Waals surface area contributed by atoms with Gasteiger partial charge in [-0.2, -0.15) is 0 Å². The van der Waals surface area contributed by atoms with Gasteiger partial charge in [-0.05, 0) is 53.6 Å². The topological polar surface area (TPSA) is 86.8 Å². The van der Waals surface area contributed by atoms with Crippen molar-refractivity contribution in [2.45, 2.75) is 23.9 Å². The molecule has 10 heteroatoms. The third kappa shape index (κ3) is 7.47. The highest BCUT2D eigenvalue weighted by atomic mass is 35.5. The molecule has 0 aromatic heterocycles. The quantitative estimate of drug-likeness (QED) is 0.241. The van der Waals surface area contributed by atoms with Crippen molar-refractivity contribution in [3.63, 3.8) is 0 Å². The zero-order valence-electron chi connectivity index (χ0n) is 22.3. The molecule has 0 radical (unpaired) electrons. The van der Waals surface area contributed by atoms with Gasteiger partial charge in [-0.25, -0.2) is 8.42 Å². The van der Waals surface area contributed by atoms with Gasteiger partial charge < -0.3 is 10.2 Å². The molecule has 0 heterocycles. The molecule has 0 spiro atoms. The Bertz CT molecular complexity index is 1580. The summed E-state index contributed by atoms with van der Waals surface area (Å²) < 4.78 is 28.8. The smallest absolute Gasteiger partial charge is 0.264 e. The van der Waals surface area contributed by atoms with E-state index in [0.717, 1.165) is 9.87 Å². The molecule has 0 unspecified atom stereocenters. The molecule has 4 aromatic carbocycles. The van der Waals surface area contributed by atoms with E-state index in [2.05, 4.69) is 5.32 Å². The number of rotatable bonds is 11. The summed E-state index contributed by atoms with van der Waals surface area (Å²) in [5.41, 5.74) is 1.71. The Morgan fingerprint density at radius 1 is 0.805 bits per heavy atom. The number of carbonyl (C=O) groups is 2. The lowest BCUT2D eigenvalue weighted by atomic mass is 10.0. The molecule has 4 rings (SSSR count). The number of hydrogen-bond acceptors (Lipinski definition) is 4. The second-order valence-corrected chi connectivity index (χ2v) is 11.9. The Kier molecular flexibility index (Phi) is 10.0. The van der Waals surface area contributed by atoms with E-state index in [1.165, 1.54) is 36.2 Å². The average molecular weight is 611 g/mol. The third-order valence-corrected chi connectivity index (χ3v) is 8.95. The summed E-state index contributed by atoms with van der Waals surface area (Å²) in [6.45, 7) is -0.575. The number of anilines is 1. The Labute approximate surface area is 250 Å². The maximum atomic E-state index is 14.2. The van der Waals surface area contributed by atoms with E-state index in [0.29, 0.717) is 15.6 Å². The fourth-order valence-electron chi connectivity index (χ4n) is 4.39. The highest BCUT2D eigenvalue weighted by molar-refractivity contribution is 7.92. The summed E-state index contributed by atoms with van der Waals surface area (Å²) in [5.74, 6) is -0.970. The van der Waals surface area contributed by atoms with Crippen LogP contribution in [0.3, 0.4) is 0 Å². The second-order valence-electron chi connectivity index (χ2n) is 9.23. The molecular formula is C31H29Cl2N3O4S. The van der Waals surface area contributed by atoms with Gasteiger partial charge in [0.15, 0.2) is 0 Å². The van der Waals surface area contributed by atoms with Crippen LogP contribution in [0.2, 0.25) is 10.0 Å². The van der Waals surface area contributed by atoms with Crippen molar-refractivity contribution in [1.29, 1.82) is 0 Å². The van der Waals surface area contributed by atoms with Crippen molar-refractivity contribution in [2.24, 2.45) is 0 Å². The minimum Gasteiger partial charge on any atom is -0.357 e. The molecule has 1 N–H and O–H groups in total. The Morgan fingerprint density at radius 2 is 1.39 bits per heavy atom. The van der Waals surface area contributed by atoms with E-state index in [4.69, 9.17) is 23.2 Å². The Hall–Kier alpha value is -3.85. The van der Waals surface area contributed by atoms with Gasteiger partial charge in [-0.15, -0.1) is 0 Å². The first-order chi connectivity index (χ1) is 19.7. The van der Waals surface area contributed by atoms with Crippen LogP contribution in [-0.2, 0) is 32.6 Å². The molecule has 0 aliphatic rings. The van der Waals surface area contributed by atoms with Crippen LogP contribution in [0.1, 0.15) is 11.1 Å². The largest absolute Gasteiger partial charge is 0.357 e. The molecule has 0 bridgehead atoms. The molecule has 7 nitrogen and oxygen atoms in total. The number of likely N-dealkylation sites (N-methyl/N-ethyl adjacent to an activating group) is 1. The monoisotopic (exact) mass is 609 g/mol. The van der Waals surface area contributed by atoms with Crippen molar-refractivity contribution in [3.05, 3.63) is 130 Å². The van der Waals surface area contributed by atoms with Crippen molar-refractivity contribution < 1.29 is 18.0 Å². The van der Waals surface area contributed by atoms with Gasteiger partial charge in [-0.1, -0.05) is 89.9 Å². The van der Waals surface area contributed by atoms with Crippen LogP contribution in [0.15, 0.2) is 114 Å². The summed E-state index contributed by atoms with van der Waals surface area (Å²) in [7, 11) is -2.67. The average Bonchev–Trinajstić information content (AvgIpc) is 2.99. The van der Waals surface area contributed by atoms with E-state index >= 15 is 0 Å². The number of sulfonamides is 1. The van der Waals surface area contributed by atoms with Crippen LogP contribution in [-0.4, -0.2) is 44.8 Å². The molecular weight excluding hydrogens is 581 g/mol. The highest BCUT2D eigenvalue weighted by Crippen LogP contribution is 2.27. The number of amides is 2. The minimum absolute atomic E-state index is 0.0106. The van der Waals surface area contributed by atoms with E-state index in [1.807, 2.05) is 30.3 Å². The minimum atomic E-state index is -4.17. The maximum Gasteiger partial charge on any atom is 0.264 e. The summed E-state index contributed by atoms with van der Waals surface area (Å²) >= 11 is 12.5. The third-order valence-electron chi connectivity index (χ3n) is 6.54. The van der Waals surface area contributed by atoms with Crippen LogP contribution in [0.4, 0.5) is 5.69 Å². The Morgan fingerprint density at radius 3 is 2.00 bits per heavy atom. The fraction of sp³-hybridized carbons (Fsp3) is 0.161. The summed E-state index contributed by atoms with van der Waals surface area (Å²) in [6.07, 6.45) is 0.211. The number of nitrogens with zero attached hydrogens (tertiary/aromatic N) is 2. The number of carbonyl (C=O) groups excluding carboxylic acids is 2. The molecule has 4 aromatic rings. The lowest BCUT2D eigenvalue weighted by Crippen LogP contribution is -2.53. The molecule has 41 heavy (non-hydrogen) atoms. The van der Waals surface area contributed by atoms with E-state index in [9.17, 15) is 18.0 Å². The molecule has 1 atom stereocenters.